The quantitative estimate of drug-likeness (QED) is 0.593. The van der Waals surface area contributed by atoms with E-state index in [1.54, 1.807) is 0 Å². The second-order valence-electron chi connectivity index (χ2n) is 5.92. The minimum Gasteiger partial charge on any atom is -0.303 e. The van der Waals surface area contributed by atoms with Gasteiger partial charge in [0.25, 0.3) is 0 Å². The van der Waals surface area contributed by atoms with Gasteiger partial charge >= 0.3 is 0 Å². The lowest BCUT2D eigenvalue weighted by molar-refractivity contribution is -0.117. The van der Waals surface area contributed by atoms with Crippen molar-refractivity contribution in [3.8, 4) is 0 Å². The number of carbonyl (C=O) groups is 1. The van der Waals surface area contributed by atoms with Crippen molar-refractivity contribution in [1.82, 2.24) is 4.90 Å². The minimum atomic E-state index is -0.172. The zero-order valence-corrected chi connectivity index (χ0v) is 11.9. The fourth-order valence-corrected chi connectivity index (χ4v) is 2.33. The molecule has 2 atom stereocenters. The molecule has 96 valence electrons. The van der Waals surface area contributed by atoms with E-state index in [1.807, 2.05) is 0 Å². The van der Waals surface area contributed by atoms with Crippen molar-refractivity contribution >= 4 is 6.29 Å². The summed E-state index contributed by atoms with van der Waals surface area (Å²) >= 11 is 0. The van der Waals surface area contributed by atoms with Crippen LogP contribution in [0.3, 0.4) is 0 Å². The van der Waals surface area contributed by atoms with E-state index < -0.39 is 0 Å². The van der Waals surface area contributed by atoms with Crippen LogP contribution in [0.25, 0.3) is 0 Å². The zero-order valence-electron chi connectivity index (χ0n) is 11.9. The van der Waals surface area contributed by atoms with Gasteiger partial charge in [0, 0.05) is 18.0 Å². The summed E-state index contributed by atoms with van der Waals surface area (Å²) < 4.78 is 0. The van der Waals surface area contributed by atoms with E-state index in [-0.39, 0.29) is 5.41 Å². The van der Waals surface area contributed by atoms with Crippen molar-refractivity contribution in [3.63, 3.8) is 0 Å². The molecule has 2 heteroatoms. The maximum atomic E-state index is 11.2. The Morgan fingerprint density at radius 1 is 1.31 bits per heavy atom. The molecule has 2 unspecified atom stereocenters. The van der Waals surface area contributed by atoms with Crippen LogP contribution in [0.1, 0.15) is 53.9 Å². The first-order valence-electron chi connectivity index (χ1n) is 6.51. The number of hydrogen-bond acceptors (Lipinski definition) is 2. The van der Waals surface area contributed by atoms with Crippen LogP contribution in [-0.2, 0) is 4.79 Å². The highest BCUT2D eigenvalue weighted by Gasteiger charge is 2.26. The van der Waals surface area contributed by atoms with E-state index in [9.17, 15) is 4.79 Å². The van der Waals surface area contributed by atoms with Crippen molar-refractivity contribution < 1.29 is 4.79 Å². The molecule has 0 bridgehead atoms. The van der Waals surface area contributed by atoms with Crippen LogP contribution in [0.2, 0.25) is 0 Å². The summed E-state index contributed by atoms with van der Waals surface area (Å²) in [6, 6.07) is 0.552. The third-order valence-corrected chi connectivity index (χ3v) is 3.28. The van der Waals surface area contributed by atoms with E-state index in [0.29, 0.717) is 12.0 Å². The lowest BCUT2D eigenvalue weighted by Crippen LogP contribution is -2.40. The van der Waals surface area contributed by atoms with Gasteiger partial charge in [-0.05, 0) is 32.7 Å². The summed E-state index contributed by atoms with van der Waals surface area (Å²) in [5.74, 6) is 0.714. The predicted molar refractivity (Wildman–Crippen MR) is 70.6 cm³/mol. The molecule has 2 nitrogen and oxygen atoms in total. The summed E-state index contributed by atoms with van der Waals surface area (Å²) in [5.41, 5.74) is -0.172. The molecule has 0 saturated carbocycles. The van der Waals surface area contributed by atoms with Gasteiger partial charge in [0.15, 0.2) is 0 Å². The van der Waals surface area contributed by atoms with Gasteiger partial charge in [0.1, 0.15) is 6.29 Å². The van der Waals surface area contributed by atoms with Crippen LogP contribution in [0.15, 0.2) is 0 Å². The molecule has 0 aromatic rings. The molecule has 0 N–H and O–H groups in total. The van der Waals surface area contributed by atoms with E-state index >= 15 is 0 Å². The Balaban J connectivity index is 4.28. The summed E-state index contributed by atoms with van der Waals surface area (Å²) in [4.78, 5) is 13.5. The highest BCUT2D eigenvalue weighted by Crippen LogP contribution is 2.23. The molecule has 0 heterocycles. The van der Waals surface area contributed by atoms with E-state index in [1.165, 1.54) is 6.42 Å². The molecule has 0 aromatic carbocycles. The molecule has 0 radical (unpaired) electrons. The molecular formula is C14H29NO. The molecule has 0 aliphatic heterocycles. The molecule has 0 saturated heterocycles. The maximum Gasteiger partial charge on any atom is 0.127 e. The molecule has 0 rings (SSSR count). The Bertz CT molecular complexity index is 203. The number of rotatable bonds is 8. The molecule has 0 aliphatic carbocycles. The molecular weight excluding hydrogens is 198 g/mol. The van der Waals surface area contributed by atoms with Gasteiger partial charge in [-0.25, -0.2) is 0 Å². The van der Waals surface area contributed by atoms with Gasteiger partial charge < -0.3 is 9.69 Å². The third kappa shape index (κ3) is 5.64. The molecule has 0 aliphatic rings. The van der Waals surface area contributed by atoms with Crippen molar-refractivity contribution in [2.24, 2.45) is 11.3 Å². The third-order valence-electron chi connectivity index (χ3n) is 3.28. The van der Waals surface area contributed by atoms with Crippen LogP contribution < -0.4 is 0 Å². The zero-order chi connectivity index (χ0) is 12.8. The van der Waals surface area contributed by atoms with E-state index in [4.69, 9.17) is 0 Å². The summed E-state index contributed by atoms with van der Waals surface area (Å²) in [7, 11) is 2.13. The lowest BCUT2D eigenvalue weighted by atomic mass is 9.86. The Labute approximate surface area is 101 Å². The topological polar surface area (TPSA) is 20.3 Å². The van der Waals surface area contributed by atoms with Gasteiger partial charge in [-0.2, -0.15) is 0 Å². The van der Waals surface area contributed by atoms with E-state index in [2.05, 4.69) is 46.6 Å². The predicted octanol–water partition coefficient (Wildman–Crippen LogP) is 3.36. The smallest absolute Gasteiger partial charge is 0.127 e. The second-order valence-corrected chi connectivity index (χ2v) is 5.92. The minimum absolute atomic E-state index is 0.172. The fraction of sp³-hybridized carbons (Fsp3) is 0.929. The second kappa shape index (κ2) is 7.05. The van der Waals surface area contributed by atoms with Crippen LogP contribution >= 0.6 is 0 Å². The fourth-order valence-electron chi connectivity index (χ4n) is 2.33. The number of hydrogen-bond donors (Lipinski definition) is 0. The van der Waals surface area contributed by atoms with E-state index in [0.717, 1.165) is 25.7 Å². The highest BCUT2D eigenvalue weighted by molar-refractivity contribution is 5.58. The molecule has 0 spiro atoms. The first kappa shape index (κ1) is 15.6. The number of nitrogens with zero attached hydrogens (tertiary/aromatic N) is 1. The number of carbonyl (C=O) groups excluding carboxylic acids is 1. The van der Waals surface area contributed by atoms with Crippen LogP contribution in [0.5, 0.6) is 0 Å². The first-order chi connectivity index (χ1) is 7.34. The molecule has 0 amide bonds. The van der Waals surface area contributed by atoms with Crippen LogP contribution in [0.4, 0.5) is 0 Å². The van der Waals surface area contributed by atoms with Crippen molar-refractivity contribution in [1.29, 1.82) is 0 Å². The SMILES string of the molecule is CCCC(C)(C=O)CN(C)C(C)CC(C)C. The van der Waals surface area contributed by atoms with Crippen molar-refractivity contribution in [3.05, 3.63) is 0 Å². The van der Waals surface area contributed by atoms with Gasteiger partial charge in [-0.3, -0.25) is 0 Å². The Kier molecular flexibility index (Phi) is 6.89. The van der Waals surface area contributed by atoms with Crippen LogP contribution in [-0.4, -0.2) is 30.8 Å². The Morgan fingerprint density at radius 3 is 2.25 bits per heavy atom. The summed E-state index contributed by atoms with van der Waals surface area (Å²) in [6.45, 7) is 11.8. The highest BCUT2D eigenvalue weighted by atomic mass is 16.1. The van der Waals surface area contributed by atoms with Gasteiger partial charge in [0.2, 0.25) is 0 Å². The largest absolute Gasteiger partial charge is 0.303 e. The summed E-state index contributed by atoms with van der Waals surface area (Å²) in [6.07, 6.45) is 4.38. The average molecular weight is 227 g/mol. The van der Waals surface area contributed by atoms with Crippen molar-refractivity contribution in [2.45, 2.75) is 59.9 Å². The molecule has 16 heavy (non-hydrogen) atoms. The standard InChI is InChI=1S/C14H29NO/c1-7-8-14(5,11-16)10-15(6)13(4)9-12(2)3/h11-13H,7-10H2,1-6H3. The monoisotopic (exact) mass is 227 g/mol. The molecule has 0 aromatic heterocycles. The normalized spacial score (nSPS) is 17.5. The maximum absolute atomic E-state index is 11.2. The first-order valence-corrected chi connectivity index (χ1v) is 6.51. The van der Waals surface area contributed by atoms with Crippen LogP contribution in [0, 0.1) is 11.3 Å². The average Bonchev–Trinajstić information content (AvgIpc) is 2.17. The van der Waals surface area contributed by atoms with Gasteiger partial charge in [-0.15, -0.1) is 0 Å². The van der Waals surface area contributed by atoms with Crippen molar-refractivity contribution in [2.75, 3.05) is 13.6 Å². The Hall–Kier alpha value is -0.370. The Morgan fingerprint density at radius 2 is 1.88 bits per heavy atom. The molecule has 0 fully saturated rings. The number of aldehydes is 1. The van der Waals surface area contributed by atoms with Gasteiger partial charge in [-0.1, -0.05) is 34.1 Å². The summed E-state index contributed by atoms with van der Waals surface area (Å²) in [5, 5.41) is 0. The van der Waals surface area contributed by atoms with Gasteiger partial charge in [0.05, 0.1) is 0 Å². The lowest BCUT2D eigenvalue weighted by Gasteiger charge is -2.33.